The van der Waals surface area contributed by atoms with Crippen molar-refractivity contribution in [1.82, 2.24) is 0 Å². The molecule has 0 atom stereocenters. The molecule has 50 valence electrons. The fraction of sp³-hybridized carbons (Fsp3) is 0.400. The molecule has 0 radical (unpaired) electrons. The zero-order valence-corrected chi connectivity index (χ0v) is 5.91. The van der Waals surface area contributed by atoms with E-state index in [0.29, 0.717) is 6.42 Å². The fourth-order valence-electron chi connectivity index (χ4n) is 0.602. The highest BCUT2D eigenvalue weighted by molar-refractivity contribution is 6.53. The van der Waals surface area contributed by atoms with Gasteiger partial charge < -0.3 is 5.11 Å². The predicted molar refractivity (Wildman–Crippen MR) is 34.8 cm³/mol. The first-order chi connectivity index (χ1) is 4.04. The summed E-state index contributed by atoms with van der Waals surface area (Å²) in [7, 11) is 0. The Balaban J connectivity index is 2.77. The van der Waals surface area contributed by atoms with Crippen LogP contribution in [0.5, 0.6) is 0 Å². The Bertz CT molecular complexity index is 183. The largest absolute Gasteiger partial charge is 0.478 e. The molecule has 0 saturated carbocycles. The average Bonchev–Trinajstić information content (AvgIpc) is 1.62. The Morgan fingerprint density at radius 1 is 1.78 bits per heavy atom. The number of hydrogen-bond acceptors (Lipinski definition) is 1. The highest BCUT2D eigenvalue weighted by Gasteiger charge is 2.39. The van der Waals surface area contributed by atoms with Gasteiger partial charge in [0.2, 0.25) is 0 Å². The topological polar surface area (TPSA) is 37.3 Å². The smallest absolute Gasteiger partial charge is 0.334 e. The fourth-order valence-corrected chi connectivity index (χ4v) is 1.07. The number of rotatable bonds is 1. The third-order valence-corrected chi connectivity index (χ3v) is 1.90. The van der Waals surface area contributed by atoms with E-state index in [1.54, 1.807) is 0 Å². The normalized spacial score (nSPS) is 22.2. The zero-order valence-electron chi connectivity index (χ0n) is 4.40. The van der Waals surface area contributed by atoms with Gasteiger partial charge in [-0.15, -0.1) is 0 Å². The molecule has 4 heteroatoms. The van der Waals surface area contributed by atoms with E-state index in [0.717, 1.165) is 0 Å². The van der Waals surface area contributed by atoms with Crippen molar-refractivity contribution in [3.8, 4) is 0 Å². The highest BCUT2D eigenvalue weighted by Crippen LogP contribution is 2.42. The van der Waals surface area contributed by atoms with Gasteiger partial charge in [0.15, 0.2) is 4.33 Å². The van der Waals surface area contributed by atoms with Crippen LogP contribution >= 0.6 is 23.2 Å². The molecule has 1 rings (SSSR count). The molecule has 0 aromatic rings. The third-order valence-electron chi connectivity index (χ3n) is 1.19. The third kappa shape index (κ3) is 1.05. The quantitative estimate of drug-likeness (QED) is 0.601. The number of aliphatic carboxylic acids is 1. The van der Waals surface area contributed by atoms with Crippen molar-refractivity contribution in [2.75, 3.05) is 0 Å². The Kier molecular flexibility index (Phi) is 1.45. The molecule has 0 aromatic heterocycles. The minimum absolute atomic E-state index is 0.0887. The maximum Gasteiger partial charge on any atom is 0.334 e. The van der Waals surface area contributed by atoms with Crippen LogP contribution in [0, 0.1) is 0 Å². The maximum atomic E-state index is 10.2. The van der Waals surface area contributed by atoms with Gasteiger partial charge in [0.25, 0.3) is 0 Å². The van der Waals surface area contributed by atoms with Crippen LogP contribution in [0.25, 0.3) is 0 Å². The molecule has 1 N–H and O–H groups in total. The van der Waals surface area contributed by atoms with Crippen LogP contribution in [0.1, 0.15) is 6.42 Å². The number of halogens is 2. The lowest BCUT2D eigenvalue weighted by Crippen LogP contribution is -2.29. The molecular formula is C5H4Cl2O2. The van der Waals surface area contributed by atoms with E-state index in [-0.39, 0.29) is 5.57 Å². The van der Waals surface area contributed by atoms with Gasteiger partial charge in [0.1, 0.15) is 0 Å². The van der Waals surface area contributed by atoms with Gasteiger partial charge >= 0.3 is 5.97 Å². The van der Waals surface area contributed by atoms with Crippen LogP contribution in [-0.2, 0) is 4.79 Å². The van der Waals surface area contributed by atoms with Crippen molar-refractivity contribution in [3.05, 3.63) is 11.6 Å². The van der Waals surface area contributed by atoms with Gasteiger partial charge in [-0.2, -0.15) is 0 Å². The minimum atomic E-state index is -1.13. The molecule has 0 saturated heterocycles. The lowest BCUT2D eigenvalue weighted by Gasteiger charge is -2.26. The van der Waals surface area contributed by atoms with Gasteiger partial charge in [-0.3, -0.25) is 0 Å². The van der Waals surface area contributed by atoms with Crippen molar-refractivity contribution in [3.63, 3.8) is 0 Å². The second-order valence-electron chi connectivity index (χ2n) is 1.83. The van der Waals surface area contributed by atoms with Gasteiger partial charge in [-0.25, -0.2) is 4.79 Å². The van der Waals surface area contributed by atoms with Gasteiger partial charge in [0, 0.05) is 6.42 Å². The van der Waals surface area contributed by atoms with Gasteiger partial charge in [-0.05, 0) is 0 Å². The summed E-state index contributed by atoms with van der Waals surface area (Å²) in [4.78, 5) is 10.2. The summed E-state index contributed by atoms with van der Waals surface area (Å²) in [6.07, 6.45) is 1.93. The first-order valence-electron chi connectivity index (χ1n) is 2.36. The first-order valence-corrected chi connectivity index (χ1v) is 3.11. The Labute approximate surface area is 62.1 Å². The Morgan fingerprint density at radius 2 is 2.33 bits per heavy atom. The van der Waals surface area contributed by atoms with E-state index in [2.05, 4.69) is 0 Å². The van der Waals surface area contributed by atoms with Crippen molar-refractivity contribution in [2.45, 2.75) is 10.8 Å². The molecule has 0 heterocycles. The van der Waals surface area contributed by atoms with Gasteiger partial charge in [-0.1, -0.05) is 29.3 Å². The molecule has 0 unspecified atom stereocenters. The SMILES string of the molecule is O=C(O)C1=CCC1(Cl)Cl. The summed E-state index contributed by atoms with van der Waals surface area (Å²) >= 11 is 11.0. The number of hydrogen-bond donors (Lipinski definition) is 1. The number of carboxylic acids is 1. The highest BCUT2D eigenvalue weighted by atomic mass is 35.5. The lowest BCUT2D eigenvalue weighted by molar-refractivity contribution is -0.133. The number of carboxylic acid groups (broad SMARTS) is 1. The van der Waals surface area contributed by atoms with E-state index in [9.17, 15) is 4.79 Å². The summed E-state index contributed by atoms with van der Waals surface area (Å²) in [5, 5.41) is 8.33. The van der Waals surface area contributed by atoms with Crippen molar-refractivity contribution in [1.29, 1.82) is 0 Å². The molecule has 0 spiro atoms. The molecule has 0 aliphatic heterocycles. The van der Waals surface area contributed by atoms with E-state index in [1.165, 1.54) is 6.08 Å². The maximum absolute atomic E-state index is 10.2. The molecule has 2 nitrogen and oxygen atoms in total. The first kappa shape index (κ1) is 6.90. The minimum Gasteiger partial charge on any atom is -0.478 e. The average molecular weight is 167 g/mol. The van der Waals surface area contributed by atoms with Crippen LogP contribution < -0.4 is 0 Å². The second kappa shape index (κ2) is 1.89. The molecule has 0 bridgehead atoms. The molecule has 0 aromatic carbocycles. The molecule has 1 aliphatic carbocycles. The standard InChI is InChI=1S/C5H4Cl2O2/c6-5(7)2-1-3(5)4(8)9/h1H,2H2,(H,8,9). The van der Waals surface area contributed by atoms with Crippen molar-refractivity contribution in [2.24, 2.45) is 0 Å². The van der Waals surface area contributed by atoms with Crippen LogP contribution in [0.15, 0.2) is 11.6 Å². The van der Waals surface area contributed by atoms with E-state index in [4.69, 9.17) is 28.3 Å². The van der Waals surface area contributed by atoms with Gasteiger partial charge in [0.05, 0.1) is 5.57 Å². The molecule has 1 aliphatic rings. The van der Waals surface area contributed by atoms with Crippen LogP contribution in [-0.4, -0.2) is 15.4 Å². The molecule has 9 heavy (non-hydrogen) atoms. The van der Waals surface area contributed by atoms with E-state index >= 15 is 0 Å². The summed E-state index contributed by atoms with van der Waals surface area (Å²) in [6, 6.07) is 0. The van der Waals surface area contributed by atoms with Crippen LogP contribution in [0.2, 0.25) is 0 Å². The molecule has 0 amide bonds. The number of allylic oxidation sites excluding steroid dienone is 1. The lowest BCUT2D eigenvalue weighted by atomic mass is 9.98. The zero-order chi connectivity index (χ0) is 7.07. The number of alkyl halides is 2. The predicted octanol–water partition coefficient (Wildman–Crippen LogP) is 1.58. The summed E-state index contributed by atoms with van der Waals surface area (Å²) in [5.41, 5.74) is 0.0887. The van der Waals surface area contributed by atoms with Crippen molar-refractivity contribution < 1.29 is 9.90 Å². The summed E-state index contributed by atoms with van der Waals surface area (Å²) in [5.74, 6) is -1.04. The number of carbonyl (C=O) groups is 1. The van der Waals surface area contributed by atoms with Crippen molar-refractivity contribution >= 4 is 29.2 Å². The molecule has 0 fully saturated rings. The summed E-state index contributed by atoms with van der Waals surface area (Å²) < 4.78 is -1.13. The Hall–Kier alpha value is -0.210. The summed E-state index contributed by atoms with van der Waals surface area (Å²) in [6.45, 7) is 0. The second-order valence-corrected chi connectivity index (χ2v) is 3.32. The van der Waals surface area contributed by atoms with E-state index in [1.807, 2.05) is 0 Å². The monoisotopic (exact) mass is 166 g/mol. The van der Waals surface area contributed by atoms with E-state index < -0.39 is 10.3 Å². The van der Waals surface area contributed by atoms with Crippen LogP contribution in [0.3, 0.4) is 0 Å². The molecular weight excluding hydrogens is 163 g/mol. The Morgan fingerprint density at radius 3 is 2.33 bits per heavy atom. The van der Waals surface area contributed by atoms with Crippen LogP contribution in [0.4, 0.5) is 0 Å².